The first-order valence-electron chi connectivity index (χ1n) is 6.77. The summed E-state index contributed by atoms with van der Waals surface area (Å²) in [6.07, 6.45) is 1.56. The van der Waals surface area contributed by atoms with E-state index in [2.05, 4.69) is 20.7 Å². The molecule has 1 aromatic carbocycles. The number of nitrogens with zero attached hydrogens (tertiary/aromatic N) is 2. The fraction of sp³-hybridized carbons (Fsp3) is 0.250. The molecule has 0 saturated carbocycles. The van der Waals surface area contributed by atoms with E-state index in [1.807, 2.05) is 44.2 Å². The first-order valence-corrected chi connectivity index (χ1v) is 7.65. The first-order chi connectivity index (χ1) is 10.1. The second-order valence-corrected chi connectivity index (χ2v) is 6.18. The zero-order valence-electron chi connectivity index (χ0n) is 12.0. The lowest BCUT2D eigenvalue weighted by Crippen LogP contribution is -2.36. The van der Waals surface area contributed by atoms with Crippen LogP contribution in [0, 0.1) is 6.92 Å². The molecular weight excluding hydrogens is 282 g/mol. The minimum atomic E-state index is -0.583. The minimum absolute atomic E-state index is 0.0210. The zero-order chi connectivity index (χ0) is 14.9. The monoisotopic (exact) mass is 299 g/mol. The molecule has 0 aliphatic rings. The molecule has 4 nitrogen and oxygen atoms in total. The van der Waals surface area contributed by atoms with Crippen LogP contribution in [0.1, 0.15) is 18.1 Å². The van der Waals surface area contributed by atoms with Crippen molar-refractivity contribution in [1.29, 1.82) is 0 Å². The maximum absolute atomic E-state index is 9.87. The number of anilines is 1. The number of nitrogens with one attached hydrogen (secondary N) is 1. The van der Waals surface area contributed by atoms with Gasteiger partial charge in [-0.25, -0.2) is 9.97 Å². The Hall–Kier alpha value is -1.98. The van der Waals surface area contributed by atoms with Crippen LogP contribution >= 0.6 is 11.3 Å². The maximum Gasteiger partial charge on any atom is 0.148 e. The highest BCUT2D eigenvalue weighted by Crippen LogP contribution is 2.32. The molecule has 0 fully saturated rings. The summed E-state index contributed by atoms with van der Waals surface area (Å²) in [4.78, 5) is 8.68. The summed E-state index contributed by atoms with van der Waals surface area (Å²) >= 11 is 1.62. The second-order valence-electron chi connectivity index (χ2n) is 5.30. The molecule has 0 amide bonds. The van der Waals surface area contributed by atoms with Gasteiger partial charge in [0.25, 0.3) is 0 Å². The number of benzene rings is 1. The maximum atomic E-state index is 9.87. The van der Waals surface area contributed by atoms with E-state index in [0.717, 1.165) is 27.2 Å². The topological polar surface area (TPSA) is 58.0 Å². The SMILES string of the molecule is Cc1csc2c(NC(C)(CO)c3ccccc3)ncnc12. The highest BCUT2D eigenvalue weighted by molar-refractivity contribution is 7.18. The van der Waals surface area contributed by atoms with E-state index in [1.54, 1.807) is 17.7 Å². The van der Waals surface area contributed by atoms with Crippen LogP contribution in [0.4, 0.5) is 5.82 Å². The van der Waals surface area contributed by atoms with Crippen LogP contribution in [0.2, 0.25) is 0 Å². The van der Waals surface area contributed by atoms with Crippen molar-refractivity contribution < 1.29 is 5.11 Å². The van der Waals surface area contributed by atoms with Crippen LogP contribution in [0.5, 0.6) is 0 Å². The van der Waals surface area contributed by atoms with Crippen molar-refractivity contribution in [2.45, 2.75) is 19.4 Å². The van der Waals surface area contributed by atoms with Gasteiger partial charge in [-0.15, -0.1) is 11.3 Å². The van der Waals surface area contributed by atoms with Crippen molar-refractivity contribution in [3.8, 4) is 0 Å². The van der Waals surface area contributed by atoms with E-state index >= 15 is 0 Å². The van der Waals surface area contributed by atoms with Gasteiger partial charge in [0.05, 0.1) is 22.4 Å². The van der Waals surface area contributed by atoms with E-state index in [0.29, 0.717) is 0 Å². The Morgan fingerprint density at radius 3 is 2.71 bits per heavy atom. The molecule has 1 atom stereocenters. The lowest BCUT2D eigenvalue weighted by molar-refractivity contribution is 0.224. The molecule has 2 heterocycles. The van der Waals surface area contributed by atoms with Gasteiger partial charge in [-0.1, -0.05) is 30.3 Å². The van der Waals surface area contributed by atoms with Crippen LogP contribution in [0.25, 0.3) is 10.2 Å². The van der Waals surface area contributed by atoms with Gasteiger partial charge in [0.2, 0.25) is 0 Å². The smallest absolute Gasteiger partial charge is 0.148 e. The highest BCUT2D eigenvalue weighted by Gasteiger charge is 2.27. The number of aryl methyl sites for hydroxylation is 1. The summed E-state index contributed by atoms with van der Waals surface area (Å²) in [5.41, 5.74) is 2.55. The molecule has 0 saturated heterocycles. The largest absolute Gasteiger partial charge is 0.394 e. The van der Waals surface area contributed by atoms with E-state index in [1.165, 1.54) is 0 Å². The molecule has 21 heavy (non-hydrogen) atoms. The fourth-order valence-corrected chi connectivity index (χ4v) is 3.28. The molecule has 0 radical (unpaired) electrons. The number of fused-ring (bicyclic) bond motifs is 1. The summed E-state index contributed by atoms with van der Waals surface area (Å²) in [7, 11) is 0. The van der Waals surface area contributed by atoms with Crippen LogP contribution in [-0.2, 0) is 5.54 Å². The predicted octanol–water partition coefficient (Wildman–Crippen LogP) is 3.32. The Balaban J connectivity index is 2.04. The van der Waals surface area contributed by atoms with E-state index in [9.17, 15) is 5.11 Å². The minimum Gasteiger partial charge on any atom is -0.394 e. The lowest BCUT2D eigenvalue weighted by atomic mass is 9.93. The molecular formula is C16H17N3OS. The van der Waals surface area contributed by atoms with Gasteiger partial charge in [-0.2, -0.15) is 0 Å². The molecule has 0 bridgehead atoms. The van der Waals surface area contributed by atoms with Crippen molar-refractivity contribution in [1.82, 2.24) is 9.97 Å². The van der Waals surface area contributed by atoms with Crippen LogP contribution < -0.4 is 5.32 Å². The number of aromatic nitrogens is 2. The number of hydrogen-bond acceptors (Lipinski definition) is 5. The van der Waals surface area contributed by atoms with Gasteiger partial charge in [0.15, 0.2) is 0 Å². The molecule has 2 N–H and O–H groups in total. The lowest BCUT2D eigenvalue weighted by Gasteiger charge is -2.30. The van der Waals surface area contributed by atoms with Crippen molar-refractivity contribution in [3.63, 3.8) is 0 Å². The fourth-order valence-electron chi connectivity index (χ4n) is 2.33. The number of aliphatic hydroxyl groups is 1. The average molecular weight is 299 g/mol. The second kappa shape index (κ2) is 5.42. The number of aliphatic hydroxyl groups excluding tert-OH is 1. The summed E-state index contributed by atoms with van der Waals surface area (Å²) in [6, 6.07) is 9.90. The zero-order valence-corrected chi connectivity index (χ0v) is 12.8. The van der Waals surface area contributed by atoms with Crippen LogP contribution in [-0.4, -0.2) is 21.7 Å². The normalized spacial score (nSPS) is 14.0. The van der Waals surface area contributed by atoms with E-state index < -0.39 is 5.54 Å². The van der Waals surface area contributed by atoms with Gasteiger partial charge >= 0.3 is 0 Å². The third-order valence-electron chi connectivity index (χ3n) is 3.65. The quantitative estimate of drug-likeness (QED) is 0.776. The van der Waals surface area contributed by atoms with Crippen molar-refractivity contribution in [2.24, 2.45) is 0 Å². The van der Waals surface area contributed by atoms with Crippen molar-refractivity contribution in [3.05, 3.63) is 53.2 Å². The molecule has 1 unspecified atom stereocenters. The first kappa shape index (κ1) is 14.0. The van der Waals surface area contributed by atoms with Crippen molar-refractivity contribution in [2.75, 3.05) is 11.9 Å². The summed E-state index contributed by atoms with van der Waals surface area (Å²) in [5, 5.41) is 15.3. The molecule has 2 aromatic heterocycles. The number of hydrogen-bond donors (Lipinski definition) is 2. The van der Waals surface area contributed by atoms with E-state index in [-0.39, 0.29) is 6.61 Å². The Kier molecular flexibility index (Phi) is 3.61. The third kappa shape index (κ3) is 2.50. The van der Waals surface area contributed by atoms with Crippen LogP contribution in [0.3, 0.4) is 0 Å². The van der Waals surface area contributed by atoms with Crippen LogP contribution in [0.15, 0.2) is 42.0 Å². The highest BCUT2D eigenvalue weighted by atomic mass is 32.1. The summed E-state index contributed by atoms with van der Waals surface area (Å²) in [5.74, 6) is 0.763. The third-order valence-corrected chi connectivity index (χ3v) is 4.75. The standard InChI is InChI=1S/C16H17N3OS/c1-11-8-21-14-13(11)17-10-18-15(14)19-16(2,9-20)12-6-4-3-5-7-12/h3-8,10,20H,9H2,1-2H3,(H,17,18,19). The Morgan fingerprint density at radius 1 is 1.24 bits per heavy atom. The molecule has 0 spiro atoms. The number of thiophene rings is 1. The molecule has 5 heteroatoms. The van der Waals surface area contributed by atoms with Gasteiger partial charge in [0.1, 0.15) is 12.1 Å². The molecule has 0 aliphatic carbocycles. The molecule has 0 aliphatic heterocycles. The van der Waals surface area contributed by atoms with E-state index in [4.69, 9.17) is 0 Å². The molecule has 3 aromatic rings. The number of rotatable bonds is 4. The summed E-state index contributed by atoms with van der Waals surface area (Å²) in [6.45, 7) is 3.99. The Bertz CT molecular complexity index is 757. The van der Waals surface area contributed by atoms with Gasteiger partial charge < -0.3 is 10.4 Å². The van der Waals surface area contributed by atoms with Gasteiger partial charge in [0, 0.05) is 0 Å². The molecule has 3 rings (SSSR count). The Morgan fingerprint density at radius 2 is 2.00 bits per heavy atom. The summed E-state index contributed by atoms with van der Waals surface area (Å²) < 4.78 is 1.02. The van der Waals surface area contributed by atoms with Gasteiger partial charge in [-0.3, -0.25) is 0 Å². The van der Waals surface area contributed by atoms with Gasteiger partial charge in [-0.05, 0) is 30.4 Å². The predicted molar refractivity (Wildman–Crippen MR) is 86.7 cm³/mol. The average Bonchev–Trinajstić information content (AvgIpc) is 2.91. The Labute approximate surface area is 127 Å². The molecule has 108 valence electrons. The van der Waals surface area contributed by atoms with Crippen molar-refractivity contribution >= 4 is 27.4 Å².